The number of aromatic nitrogens is 4. The number of ether oxygens (including phenoxy) is 1. The van der Waals surface area contributed by atoms with E-state index >= 15 is 0 Å². The van der Waals surface area contributed by atoms with Crippen LogP contribution in [0.3, 0.4) is 0 Å². The third-order valence-corrected chi connectivity index (χ3v) is 8.02. The number of hydrogen-bond donors (Lipinski definition) is 0. The number of nitrogens with zero attached hydrogens (tertiary/aromatic N) is 7. The van der Waals surface area contributed by atoms with E-state index < -0.39 is 0 Å². The number of aryl methyl sites for hydroxylation is 6. The van der Waals surface area contributed by atoms with Crippen molar-refractivity contribution in [2.75, 3.05) is 6.61 Å². The van der Waals surface area contributed by atoms with Crippen LogP contribution < -0.4 is 4.74 Å². The number of rotatable bonds is 7. The first kappa shape index (κ1) is 38.0. The van der Waals surface area contributed by atoms with E-state index in [4.69, 9.17) is 23.1 Å². The third kappa shape index (κ3) is 8.51. The van der Waals surface area contributed by atoms with Gasteiger partial charge in [-0.05, 0) is 75.8 Å². The summed E-state index contributed by atoms with van der Waals surface area (Å²) in [4.78, 5) is 16.1. The molecule has 257 valence electrons. The van der Waals surface area contributed by atoms with Crippen molar-refractivity contribution in [3.63, 3.8) is 0 Å². The van der Waals surface area contributed by atoms with E-state index in [9.17, 15) is 0 Å². The van der Waals surface area contributed by atoms with Crippen molar-refractivity contribution in [2.24, 2.45) is 0 Å². The molecule has 0 spiro atoms. The van der Waals surface area contributed by atoms with Gasteiger partial charge < -0.3 is 18.7 Å². The van der Waals surface area contributed by atoms with Crippen LogP contribution in [0.5, 0.6) is 5.88 Å². The summed E-state index contributed by atoms with van der Waals surface area (Å²) in [7, 11) is 0. The van der Waals surface area contributed by atoms with Gasteiger partial charge in [-0.3, -0.25) is 4.85 Å². The third-order valence-electron chi connectivity index (χ3n) is 8.02. The molecule has 2 aromatic heterocycles. The predicted octanol–water partition coefficient (Wildman–Crippen LogP) is 10.3. The van der Waals surface area contributed by atoms with Gasteiger partial charge in [-0.15, -0.1) is 48.0 Å². The average Bonchev–Trinajstić information content (AvgIpc) is 3.71. The molecule has 0 atom stereocenters. The first-order valence-corrected chi connectivity index (χ1v) is 16.2. The summed E-state index contributed by atoms with van der Waals surface area (Å²) >= 11 is 0. The summed E-state index contributed by atoms with van der Waals surface area (Å²) in [5.41, 5.74) is 11.7. The molecule has 0 saturated heterocycles. The van der Waals surface area contributed by atoms with Gasteiger partial charge in [0.1, 0.15) is 5.69 Å². The Morgan fingerprint density at radius 2 is 1.27 bits per heavy atom. The fourth-order valence-corrected chi connectivity index (χ4v) is 6.20. The van der Waals surface area contributed by atoms with Crippen LogP contribution >= 0.6 is 0 Å². The molecule has 0 amide bonds. The van der Waals surface area contributed by atoms with Gasteiger partial charge in [-0.1, -0.05) is 54.5 Å². The Bertz CT molecular complexity index is 2280. The van der Waals surface area contributed by atoms with Crippen LogP contribution in [0.25, 0.3) is 43.8 Å². The van der Waals surface area contributed by atoms with E-state index in [1.54, 1.807) is 36.5 Å². The molecule has 4 aromatic carbocycles. The second kappa shape index (κ2) is 16.8. The molecule has 2 heterocycles. The van der Waals surface area contributed by atoms with Gasteiger partial charge in [0.05, 0.1) is 31.3 Å². The van der Waals surface area contributed by atoms with Crippen LogP contribution in [0.4, 0.5) is 11.5 Å². The van der Waals surface area contributed by atoms with E-state index in [1.165, 1.54) is 22.3 Å². The van der Waals surface area contributed by atoms with Crippen molar-refractivity contribution in [2.45, 2.75) is 54.9 Å². The molecule has 0 unspecified atom stereocenters. The normalized spacial score (nSPS) is 10.2. The van der Waals surface area contributed by atoms with Crippen molar-refractivity contribution in [1.29, 1.82) is 5.26 Å². The molecule has 6 rings (SSSR count). The number of benzene rings is 4. The molecular formula is C42H37IrN7O-2. The van der Waals surface area contributed by atoms with Crippen molar-refractivity contribution in [3.8, 4) is 46.1 Å². The molecule has 51 heavy (non-hydrogen) atoms. The van der Waals surface area contributed by atoms with Gasteiger partial charge in [-0.2, -0.15) is 16.3 Å². The maximum absolute atomic E-state index is 9.13. The van der Waals surface area contributed by atoms with Gasteiger partial charge in [-0.25, -0.2) is 4.98 Å². The molecule has 9 heteroatoms. The first-order valence-electron chi connectivity index (χ1n) is 16.2. The van der Waals surface area contributed by atoms with Gasteiger partial charge in [0.2, 0.25) is 5.88 Å². The van der Waals surface area contributed by atoms with E-state index in [-0.39, 0.29) is 20.1 Å². The summed E-state index contributed by atoms with van der Waals surface area (Å²) in [6.07, 6.45) is 4.58. The second-order valence-electron chi connectivity index (χ2n) is 12.2. The van der Waals surface area contributed by atoms with Crippen LogP contribution in [-0.4, -0.2) is 25.7 Å². The van der Waals surface area contributed by atoms with E-state index in [0.29, 0.717) is 40.9 Å². The fraction of sp³-hybridized carbons (Fsp3) is 0.214. The minimum atomic E-state index is 0. The topological polar surface area (TPSA) is 77.4 Å². The molecular weight excluding hydrogens is 811 g/mol. The van der Waals surface area contributed by atoms with E-state index in [0.717, 1.165) is 40.3 Å². The molecule has 0 saturated carbocycles. The zero-order valence-corrected chi connectivity index (χ0v) is 32.1. The van der Waals surface area contributed by atoms with Gasteiger partial charge in [0.25, 0.3) is 5.82 Å². The minimum absolute atomic E-state index is 0. The van der Waals surface area contributed by atoms with Crippen molar-refractivity contribution in [1.82, 2.24) is 19.1 Å². The Hall–Kier alpha value is -5.78. The smallest absolute Gasteiger partial charge is 0.277 e. The molecule has 6 aromatic rings. The van der Waals surface area contributed by atoms with Crippen LogP contribution in [0.15, 0.2) is 73.1 Å². The molecule has 8 nitrogen and oxygen atoms in total. The van der Waals surface area contributed by atoms with E-state index in [2.05, 4.69) is 101 Å². The largest absolute Gasteiger partial charge is 0.477 e. The first-order chi connectivity index (χ1) is 24.1. The number of nitriles is 1. The summed E-state index contributed by atoms with van der Waals surface area (Å²) in [6, 6.07) is 27.5. The number of hydrogen-bond acceptors (Lipinski definition) is 4. The SMILES string of the molecule is [C-]#[N+]c1cc[c-]c(-c2nc(OCCC)cn2-c2c(C)cc(C)cc2C)c1.[C-]#[N+]c1cn(-c2c(C)cc(C)cc2C)c(-c2[c-]ccc(C#N)c2)n1.[Ir]. The Kier molecular flexibility index (Phi) is 12.5. The number of imidazole rings is 2. The van der Waals surface area contributed by atoms with Crippen molar-refractivity contribution < 1.29 is 24.8 Å². The molecule has 0 N–H and O–H groups in total. The average molecular weight is 848 g/mol. The second-order valence-corrected chi connectivity index (χ2v) is 12.2. The molecule has 0 aliphatic heterocycles. The minimum Gasteiger partial charge on any atom is -0.477 e. The Balaban J connectivity index is 0.000000225. The Morgan fingerprint density at radius 3 is 1.80 bits per heavy atom. The van der Waals surface area contributed by atoms with Crippen molar-refractivity contribution >= 4 is 11.5 Å². The zero-order valence-electron chi connectivity index (χ0n) is 29.7. The fourth-order valence-electron chi connectivity index (χ4n) is 6.20. The summed E-state index contributed by atoms with van der Waals surface area (Å²) in [5.74, 6) is 2.26. The van der Waals surface area contributed by atoms with Crippen LogP contribution in [0, 0.1) is 78.2 Å². The predicted molar refractivity (Wildman–Crippen MR) is 197 cm³/mol. The monoisotopic (exact) mass is 848 g/mol. The maximum atomic E-state index is 9.13. The quantitative estimate of drug-likeness (QED) is 0.150. The molecule has 0 fully saturated rings. The van der Waals surface area contributed by atoms with Crippen molar-refractivity contribution in [3.05, 3.63) is 147 Å². The van der Waals surface area contributed by atoms with Crippen LogP contribution in [0.1, 0.15) is 52.3 Å². The molecule has 0 aliphatic rings. The zero-order chi connectivity index (χ0) is 35.9. The standard InChI is InChI=1S/C22H22N3O.C20H15N4.Ir/c1-6-10-26-20-14-25(21-16(3)11-15(2)12-17(21)4)22(24-20)18-8-7-9-19(13-18)23-5;1-13-8-14(2)19(15(3)9-13)24-12-18(22-4)23-20(24)17-7-5-6-16(10-17)11-21;/h7,9,11-14H,6,10H2,1-4H3;5-6,8-10,12H,1-3H3;/q2*-1;. The summed E-state index contributed by atoms with van der Waals surface area (Å²) in [5, 5.41) is 9.13. The van der Waals surface area contributed by atoms with Gasteiger partial charge >= 0.3 is 0 Å². The van der Waals surface area contributed by atoms with Gasteiger partial charge in [0.15, 0.2) is 5.82 Å². The molecule has 0 aliphatic carbocycles. The van der Waals surface area contributed by atoms with Gasteiger partial charge in [0, 0.05) is 37.7 Å². The van der Waals surface area contributed by atoms with Crippen LogP contribution in [-0.2, 0) is 20.1 Å². The van der Waals surface area contributed by atoms with Crippen LogP contribution in [0.2, 0.25) is 0 Å². The van der Waals surface area contributed by atoms with E-state index in [1.807, 2.05) is 30.7 Å². The maximum Gasteiger partial charge on any atom is 0.277 e. The molecule has 1 radical (unpaired) electrons. The summed E-state index contributed by atoms with van der Waals surface area (Å²) in [6.45, 7) is 29.7. The molecule has 0 bridgehead atoms. The summed E-state index contributed by atoms with van der Waals surface area (Å²) < 4.78 is 9.74. The Labute approximate surface area is 314 Å². The Morgan fingerprint density at radius 1 is 0.745 bits per heavy atom.